The summed E-state index contributed by atoms with van der Waals surface area (Å²) >= 11 is 6.48. The van der Waals surface area contributed by atoms with Crippen LogP contribution in [0.4, 0.5) is 8.78 Å². The van der Waals surface area contributed by atoms with Gasteiger partial charge >= 0.3 is 0 Å². The summed E-state index contributed by atoms with van der Waals surface area (Å²) in [5.74, 6) is -0.635. The molecule has 0 spiro atoms. The molecule has 0 unspecified atom stereocenters. The van der Waals surface area contributed by atoms with Crippen LogP contribution in [0.25, 0.3) is 11.1 Å². The molecular formula is C28H16F2S4. The maximum atomic E-state index is 15.4. The maximum absolute atomic E-state index is 15.4. The molecule has 0 aliphatic carbocycles. The topological polar surface area (TPSA) is 0 Å². The Morgan fingerprint density at radius 3 is 1.03 bits per heavy atom. The molecule has 0 amide bonds. The van der Waals surface area contributed by atoms with Crippen molar-refractivity contribution in [1.82, 2.24) is 0 Å². The van der Waals surface area contributed by atoms with Crippen molar-refractivity contribution < 1.29 is 8.78 Å². The zero-order valence-electron chi connectivity index (χ0n) is 17.6. The van der Waals surface area contributed by atoms with Gasteiger partial charge in [-0.15, -0.1) is 0 Å². The lowest BCUT2D eigenvalue weighted by molar-refractivity contribution is 0.622. The van der Waals surface area contributed by atoms with Gasteiger partial charge in [0.2, 0.25) is 0 Å². The van der Waals surface area contributed by atoms with Gasteiger partial charge in [0.25, 0.3) is 0 Å². The highest BCUT2D eigenvalue weighted by Crippen LogP contribution is 2.60. The lowest BCUT2D eigenvalue weighted by Crippen LogP contribution is -1.99. The number of halogens is 2. The van der Waals surface area contributed by atoms with Gasteiger partial charge in [-0.3, -0.25) is 0 Å². The molecular weight excluding hydrogens is 503 g/mol. The summed E-state index contributed by atoms with van der Waals surface area (Å²) in [6, 6.07) is 29.9. The fourth-order valence-corrected chi connectivity index (χ4v) is 9.13. The Morgan fingerprint density at radius 2 is 0.706 bits per heavy atom. The number of benzene rings is 4. The molecule has 2 aliphatic rings. The van der Waals surface area contributed by atoms with Crippen molar-refractivity contribution >= 4 is 58.2 Å². The normalized spacial score (nSPS) is 14.2. The Kier molecular flexibility index (Phi) is 6.08. The van der Waals surface area contributed by atoms with Crippen LogP contribution in [0.2, 0.25) is 0 Å². The molecule has 0 bridgehead atoms. The fraction of sp³-hybridized carbons (Fsp3) is 0. The highest BCUT2D eigenvalue weighted by Gasteiger charge is 2.31. The van der Waals surface area contributed by atoms with Gasteiger partial charge in [-0.1, -0.05) is 108 Å². The van der Waals surface area contributed by atoms with E-state index in [9.17, 15) is 0 Å². The first kappa shape index (κ1) is 22.1. The largest absolute Gasteiger partial charge is 0.206 e. The molecule has 0 aromatic heterocycles. The first-order chi connectivity index (χ1) is 16.7. The monoisotopic (exact) mass is 518 g/mol. The molecule has 4 aromatic rings. The molecule has 0 nitrogen and oxygen atoms in total. The van der Waals surface area contributed by atoms with Crippen LogP contribution in [0, 0.1) is 11.6 Å². The van der Waals surface area contributed by atoms with E-state index in [1.165, 1.54) is 12.1 Å². The molecule has 4 aromatic carbocycles. The van der Waals surface area contributed by atoms with Crippen LogP contribution < -0.4 is 0 Å². The lowest BCUT2D eigenvalue weighted by Gasteiger charge is -2.19. The molecule has 2 aliphatic heterocycles. The minimum absolute atomic E-state index is 0.317. The zero-order chi connectivity index (χ0) is 23.1. The van der Waals surface area contributed by atoms with Gasteiger partial charge in [0, 0.05) is 41.9 Å². The van der Waals surface area contributed by atoms with E-state index in [1.807, 2.05) is 36.4 Å². The summed E-state index contributed by atoms with van der Waals surface area (Å²) in [6.07, 6.45) is 0. The maximum Gasteiger partial charge on any atom is 0.131 e. The number of hydrogen-bond acceptors (Lipinski definition) is 4. The Hall–Kier alpha value is -2.38. The van der Waals surface area contributed by atoms with Gasteiger partial charge in [-0.2, -0.15) is 0 Å². The summed E-state index contributed by atoms with van der Waals surface area (Å²) in [6.45, 7) is 0. The first-order valence-corrected chi connectivity index (χ1v) is 13.8. The fourth-order valence-electron chi connectivity index (χ4n) is 3.90. The van der Waals surface area contributed by atoms with Gasteiger partial charge < -0.3 is 0 Å². The third kappa shape index (κ3) is 4.03. The van der Waals surface area contributed by atoms with Crippen LogP contribution in [-0.4, -0.2) is 0 Å². The minimum Gasteiger partial charge on any atom is -0.206 e. The average molecular weight is 519 g/mol. The van der Waals surface area contributed by atoms with Gasteiger partial charge in [-0.05, 0) is 36.4 Å². The SMILES string of the molecule is Fc1ccccc1C(=C1Sc2ccccc2S1)C(=C1Sc2ccccc2S1)c1ccccc1F. The van der Waals surface area contributed by atoms with Crippen molar-refractivity contribution in [2.75, 3.05) is 0 Å². The molecule has 34 heavy (non-hydrogen) atoms. The van der Waals surface area contributed by atoms with E-state index >= 15 is 8.78 Å². The average Bonchev–Trinajstić information content (AvgIpc) is 3.48. The van der Waals surface area contributed by atoms with Crippen molar-refractivity contribution in [3.8, 4) is 0 Å². The van der Waals surface area contributed by atoms with Gasteiger partial charge in [0.1, 0.15) is 11.6 Å². The number of rotatable bonds is 3. The summed E-state index contributed by atoms with van der Waals surface area (Å²) in [7, 11) is 0. The predicted molar refractivity (Wildman–Crippen MR) is 143 cm³/mol. The number of hydrogen-bond donors (Lipinski definition) is 0. The first-order valence-electron chi connectivity index (χ1n) is 10.6. The third-order valence-electron chi connectivity index (χ3n) is 5.45. The highest BCUT2D eigenvalue weighted by atomic mass is 32.2. The smallest absolute Gasteiger partial charge is 0.131 e. The van der Waals surface area contributed by atoms with Crippen molar-refractivity contribution in [2.45, 2.75) is 19.6 Å². The van der Waals surface area contributed by atoms with Crippen LogP contribution in [0.1, 0.15) is 11.1 Å². The molecule has 0 saturated carbocycles. The van der Waals surface area contributed by atoms with Crippen LogP contribution in [-0.2, 0) is 0 Å². The minimum atomic E-state index is -0.317. The third-order valence-corrected chi connectivity index (χ3v) is 10.6. The summed E-state index contributed by atoms with van der Waals surface area (Å²) in [4.78, 5) is 4.52. The molecule has 166 valence electrons. The van der Waals surface area contributed by atoms with Crippen molar-refractivity contribution in [2.24, 2.45) is 0 Å². The van der Waals surface area contributed by atoms with Gasteiger partial charge in [0.15, 0.2) is 0 Å². The molecule has 0 atom stereocenters. The van der Waals surface area contributed by atoms with E-state index < -0.39 is 0 Å². The van der Waals surface area contributed by atoms with Gasteiger partial charge in [-0.25, -0.2) is 8.78 Å². The van der Waals surface area contributed by atoms with Crippen molar-refractivity contribution in [3.63, 3.8) is 0 Å². The van der Waals surface area contributed by atoms with E-state index in [-0.39, 0.29) is 11.6 Å². The second-order valence-electron chi connectivity index (χ2n) is 7.59. The number of fused-ring (bicyclic) bond motifs is 2. The molecule has 2 heterocycles. The highest BCUT2D eigenvalue weighted by molar-refractivity contribution is 8.25. The molecule has 0 radical (unpaired) electrons. The summed E-state index contributed by atoms with van der Waals surface area (Å²) < 4.78 is 32.6. The summed E-state index contributed by atoms with van der Waals surface area (Å²) in [5.41, 5.74) is 2.43. The zero-order valence-corrected chi connectivity index (χ0v) is 20.9. The van der Waals surface area contributed by atoms with Crippen LogP contribution >= 0.6 is 47.0 Å². The Balaban J connectivity index is 1.65. The van der Waals surface area contributed by atoms with E-state index in [0.717, 1.165) is 39.2 Å². The van der Waals surface area contributed by atoms with Crippen LogP contribution in [0.15, 0.2) is 125 Å². The quantitative estimate of drug-likeness (QED) is 0.265. The van der Waals surface area contributed by atoms with Crippen molar-refractivity contribution in [3.05, 3.63) is 128 Å². The Morgan fingerprint density at radius 1 is 0.412 bits per heavy atom. The lowest BCUT2D eigenvalue weighted by atomic mass is 9.94. The van der Waals surface area contributed by atoms with Crippen LogP contribution in [0.5, 0.6) is 0 Å². The second-order valence-corrected chi connectivity index (χ2v) is 12.3. The Labute approximate surface area is 213 Å². The second kappa shape index (κ2) is 9.34. The molecule has 0 fully saturated rings. The van der Waals surface area contributed by atoms with E-state index in [4.69, 9.17) is 0 Å². The van der Waals surface area contributed by atoms with E-state index in [1.54, 1.807) is 71.3 Å². The van der Waals surface area contributed by atoms with Crippen molar-refractivity contribution in [1.29, 1.82) is 0 Å². The molecule has 0 N–H and O–H groups in total. The van der Waals surface area contributed by atoms with Crippen LogP contribution in [0.3, 0.4) is 0 Å². The molecule has 0 saturated heterocycles. The van der Waals surface area contributed by atoms with E-state index in [2.05, 4.69) is 24.3 Å². The Bertz CT molecular complexity index is 1320. The summed E-state index contributed by atoms with van der Waals surface area (Å²) in [5, 5.41) is 0. The van der Waals surface area contributed by atoms with Gasteiger partial charge in [0.05, 0.1) is 8.47 Å². The molecule has 6 heteroatoms. The molecule has 6 rings (SSSR count). The number of allylic oxidation sites excluding steroid dienone is 2. The standard InChI is InChI=1S/C28H16F2S4/c29-19-11-3-1-9-17(19)25(27-31-21-13-5-6-14-22(21)32-27)26(18-10-2-4-12-20(18)30)28-33-23-15-7-8-16-24(23)34-28/h1-16H. The van der Waals surface area contributed by atoms with E-state index in [0.29, 0.717) is 11.1 Å². The predicted octanol–water partition coefficient (Wildman–Crippen LogP) is 9.80. The number of thioether (sulfide) groups is 4.